The fraction of sp³-hybridized carbons (Fsp3) is 0.500. The fourth-order valence-electron chi connectivity index (χ4n) is 1.68. The quantitative estimate of drug-likeness (QED) is 0.739. The topological polar surface area (TPSA) is 33.5 Å². The van der Waals surface area contributed by atoms with E-state index < -0.39 is 0 Å². The van der Waals surface area contributed by atoms with Crippen LogP contribution in [-0.2, 0) is 0 Å². The molecular weight excluding hydrogens is 326 g/mol. The molecule has 1 amide bonds. The number of alkyl halides is 1. The summed E-state index contributed by atoms with van der Waals surface area (Å²) in [5, 5.41) is 0. The number of carbonyl (C=O) groups is 1. The lowest BCUT2D eigenvalue weighted by atomic mass is 10.2. The van der Waals surface area contributed by atoms with Gasteiger partial charge in [0.1, 0.15) is 0 Å². The Labute approximate surface area is 105 Å². The molecule has 2 rings (SSSR count). The number of hydrogen-bond acceptors (Lipinski definition) is 2. The minimum Gasteiger partial charge on any atom is -0.444 e. The van der Waals surface area contributed by atoms with Crippen molar-refractivity contribution in [1.29, 1.82) is 0 Å². The fourth-order valence-corrected chi connectivity index (χ4v) is 2.50. The van der Waals surface area contributed by atoms with Gasteiger partial charge in [0.15, 0.2) is 10.4 Å². The number of likely N-dealkylation sites (tertiary alicyclic amines) is 1. The standard InChI is InChI=1S/C10H11Br2NO2/c1-6-4-13(5-7(6)11)10(14)8-2-3-9(12)15-8/h2-3,6-7H,4-5H2,1H3. The summed E-state index contributed by atoms with van der Waals surface area (Å²) in [6.45, 7) is 3.66. The molecule has 5 heteroatoms. The number of amides is 1. The number of furan rings is 1. The van der Waals surface area contributed by atoms with Crippen molar-refractivity contribution in [1.82, 2.24) is 4.90 Å². The van der Waals surface area contributed by atoms with Crippen molar-refractivity contribution in [3.05, 3.63) is 22.6 Å². The van der Waals surface area contributed by atoms with Crippen LogP contribution in [-0.4, -0.2) is 28.7 Å². The van der Waals surface area contributed by atoms with E-state index >= 15 is 0 Å². The minimum absolute atomic E-state index is 0.0329. The molecule has 3 nitrogen and oxygen atoms in total. The summed E-state index contributed by atoms with van der Waals surface area (Å²) in [6.07, 6.45) is 0. The van der Waals surface area contributed by atoms with Gasteiger partial charge in [-0.2, -0.15) is 0 Å². The first-order chi connectivity index (χ1) is 7.08. The maximum Gasteiger partial charge on any atom is 0.289 e. The first-order valence-corrected chi connectivity index (χ1v) is 6.47. The molecule has 1 fully saturated rings. The van der Waals surface area contributed by atoms with Crippen LogP contribution >= 0.6 is 31.9 Å². The SMILES string of the molecule is CC1CN(C(=O)c2ccc(Br)o2)CC1Br. The zero-order valence-electron chi connectivity index (χ0n) is 8.24. The van der Waals surface area contributed by atoms with Crippen LogP contribution in [0.2, 0.25) is 0 Å². The summed E-state index contributed by atoms with van der Waals surface area (Å²) in [4.78, 5) is 14.1. The van der Waals surface area contributed by atoms with E-state index in [0.29, 0.717) is 21.2 Å². The Morgan fingerprint density at radius 2 is 2.27 bits per heavy atom. The molecule has 2 atom stereocenters. The third-order valence-electron chi connectivity index (χ3n) is 2.59. The third-order valence-corrected chi connectivity index (χ3v) is 4.21. The Kier molecular flexibility index (Phi) is 3.21. The van der Waals surface area contributed by atoms with Gasteiger partial charge in [0.05, 0.1) is 0 Å². The number of hydrogen-bond donors (Lipinski definition) is 0. The van der Waals surface area contributed by atoms with Crippen LogP contribution in [0.15, 0.2) is 21.2 Å². The normalized spacial score (nSPS) is 25.9. The molecule has 2 heterocycles. The Morgan fingerprint density at radius 1 is 1.53 bits per heavy atom. The molecule has 0 N–H and O–H groups in total. The molecule has 0 saturated carbocycles. The van der Waals surface area contributed by atoms with Gasteiger partial charge in [-0.3, -0.25) is 4.79 Å². The van der Waals surface area contributed by atoms with E-state index in [1.165, 1.54) is 0 Å². The first kappa shape index (κ1) is 11.2. The van der Waals surface area contributed by atoms with Gasteiger partial charge in [0.2, 0.25) is 0 Å². The van der Waals surface area contributed by atoms with Gasteiger partial charge in [0, 0.05) is 17.9 Å². The van der Waals surface area contributed by atoms with Gasteiger partial charge in [-0.15, -0.1) is 0 Å². The predicted molar refractivity (Wildman–Crippen MR) is 64.2 cm³/mol. The van der Waals surface area contributed by atoms with E-state index in [2.05, 4.69) is 38.8 Å². The van der Waals surface area contributed by atoms with E-state index in [-0.39, 0.29) is 5.91 Å². The Morgan fingerprint density at radius 3 is 2.73 bits per heavy atom. The van der Waals surface area contributed by atoms with E-state index in [1.807, 2.05) is 4.90 Å². The van der Waals surface area contributed by atoms with Crippen molar-refractivity contribution < 1.29 is 9.21 Å². The monoisotopic (exact) mass is 335 g/mol. The molecule has 15 heavy (non-hydrogen) atoms. The van der Waals surface area contributed by atoms with E-state index in [1.54, 1.807) is 12.1 Å². The minimum atomic E-state index is -0.0329. The van der Waals surface area contributed by atoms with Crippen LogP contribution in [0.1, 0.15) is 17.5 Å². The van der Waals surface area contributed by atoms with Gasteiger partial charge < -0.3 is 9.32 Å². The number of rotatable bonds is 1. The Balaban J connectivity index is 2.10. The average molecular weight is 337 g/mol. The van der Waals surface area contributed by atoms with Crippen LogP contribution in [0, 0.1) is 5.92 Å². The lowest BCUT2D eigenvalue weighted by Gasteiger charge is -2.13. The summed E-state index contributed by atoms with van der Waals surface area (Å²) >= 11 is 6.74. The van der Waals surface area contributed by atoms with Gasteiger partial charge in [0.25, 0.3) is 5.91 Å². The molecule has 1 aliphatic heterocycles. The largest absolute Gasteiger partial charge is 0.444 e. The summed E-state index contributed by atoms with van der Waals surface area (Å²) in [7, 11) is 0. The predicted octanol–water partition coefficient (Wildman–Crippen LogP) is 2.90. The lowest BCUT2D eigenvalue weighted by Crippen LogP contribution is -2.28. The summed E-state index contributed by atoms with van der Waals surface area (Å²) in [5.41, 5.74) is 0. The second-order valence-electron chi connectivity index (χ2n) is 3.81. The van der Waals surface area contributed by atoms with Gasteiger partial charge in [-0.1, -0.05) is 22.9 Å². The molecule has 1 aromatic rings. The molecule has 0 bridgehead atoms. The third kappa shape index (κ3) is 2.28. The van der Waals surface area contributed by atoms with Crippen LogP contribution < -0.4 is 0 Å². The summed E-state index contributed by atoms with van der Waals surface area (Å²) in [6, 6.07) is 3.43. The van der Waals surface area contributed by atoms with Crippen molar-refractivity contribution in [3.8, 4) is 0 Å². The maximum absolute atomic E-state index is 11.9. The molecule has 1 aromatic heterocycles. The van der Waals surface area contributed by atoms with E-state index in [0.717, 1.165) is 13.1 Å². The van der Waals surface area contributed by atoms with Crippen LogP contribution in [0.3, 0.4) is 0 Å². The van der Waals surface area contributed by atoms with Crippen LogP contribution in [0.4, 0.5) is 0 Å². The van der Waals surface area contributed by atoms with Crippen molar-refractivity contribution in [2.45, 2.75) is 11.8 Å². The highest BCUT2D eigenvalue weighted by atomic mass is 79.9. The Bertz CT molecular complexity index is 367. The zero-order chi connectivity index (χ0) is 11.0. The van der Waals surface area contributed by atoms with E-state index in [4.69, 9.17) is 4.42 Å². The van der Waals surface area contributed by atoms with Crippen LogP contribution in [0.5, 0.6) is 0 Å². The second-order valence-corrected chi connectivity index (χ2v) is 5.76. The highest BCUT2D eigenvalue weighted by molar-refractivity contribution is 9.10. The lowest BCUT2D eigenvalue weighted by molar-refractivity contribution is 0.0755. The summed E-state index contributed by atoms with van der Waals surface area (Å²) in [5.74, 6) is 0.859. The molecule has 2 unspecified atom stereocenters. The first-order valence-electron chi connectivity index (χ1n) is 4.76. The molecule has 0 aliphatic carbocycles. The Hall–Kier alpha value is -0.290. The molecule has 0 aromatic carbocycles. The molecule has 1 aliphatic rings. The summed E-state index contributed by atoms with van der Waals surface area (Å²) < 4.78 is 5.83. The number of carbonyl (C=O) groups excluding carboxylic acids is 1. The zero-order valence-corrected chi connectivity index (χ0v) is 11.4. The molecular formula is C10H11Br2NO2. The number of nitrogens with zero attached hydrogens (tertiary/aromatic N) is 1. The molecule has 0 radical (unpaired) electrons. The molecule has 1 saturated heterocycles. The van der Waals surface area contributed by atoms with Gasteiger partial charge in [-0.05, 0) is 34.0 Å². The van der Waals surface area contributed by atoms with E-state index in [9.17, 15) is 4.79 Å². The number of halogens is 2. The second kappa shape index (κ2) is 4.29. The maximum atomic E-state index is 11.9. The smallest absolute Gasteiger partial charge is 0.289 e. The van der Waals surface area contributed by atoms with Crippen molar-refractivity contribution in [2.24, 2.45) is 5.92 Å². The molecule has 0 spiro atoms. The van der Waals surface area contributed by atoms with Gasteiger partial charge >= 0.3 is 0 Å². The van der Waals surface area contributed by atoms with Crippen LogP contribution in [0.25, 0.3) is 0 Å². The molecule has 82 valence electrons. The van der Waals surface area contributed by atoms with Crippen molar-refractivity contribution >= 4 is 37.8 Å². The highest BCUT2D eigenvalue weighted by Gasteiger charge is 2.32. The van der Waals surface area contributed by atoms with Crippen molar-refractivity contribution in [2.75, 3.05) is 13.1 Å². The van der Waals surface area contributed by atoms with Crippen molar-refractivity contribution in [3.63, 3.8) is 0 Å². The average Bonchev–Trinajstić information content (AvgIpc) is 2.74. The highest BCUT2D eigenvalue weighted by Crippen LogP contribution is 2.25. The van der Waals surface area contributed by atoms with Gasteiger partial charge in [-0.25, -0.2) is 0 Å².